The normalized spacial score (nSPS) is 14.5. The topological polar surface area (TPSA) is 92.8 Å². The van der Waals surface area contributed by atoms with E-state index >= 15 is 0 Å². The van der Waals surface area contributed by atoms with E-state index in [9.17, 15) is 20.2 Å². The van der Waals surface area contributed by atoms with Crippen molar-refractivity contribution >= 4 is 22.7 Å². The first kappa shape index (κ1) is 15.7. The molecule has 0 amide bonds. The van der Waals surface area contributed by atoms with Gasteiger partial charge in [-0.1, -0.05) is 24.3 Å². The van der Waals surface area contributed by atoms with Gasteiger partial charge in [-0.25, -0.2) is 0 Å². The first-order valence-corrected chi connectivity index (χ1v) is 7.54. The van der Waals surface area contributed by atoms with Crippen molar-refractivity contribution in [1.29, 1.82) is 0 Å². The molecule has 0 aromatic heterocycles. The number of anilines is 2. The van der Waals surface area contributed by atoms with Crippen molar-refractivity contribution in [2.75, 3.05) is 36.0 Å². The Bertz CT molecular complexity index is 707. The number of hydrogen-bond donors (Lipinski definition) is 0. The van der Waals surface area contributed by atoms with Crippen LogP contribution in [0.2, 0.25) is 0 Å². The van der Waals surface area contributed by atoms with E-state index < -0.39 is 0 Å². The van der Waals surface area contributed by atoms with E-state index in [4.69, 9.17) is 0 Å². The van der Waals surface area contributed by atoms with E-state index in [1.54, 1.807) is 36.4 Å². The molecule has 1 heterocycles. The van der Waals surface area contributed by atoms with E-state index in [1.165, 1.54) is 12.1 Å². The molecule has 8 nitrogen and oxygen atoms in total. The van der Waals surface area contributed by atoms with Crippen molar-refractivity contribution in [2.45, 2.75) is 0 Å². The van der Waals surface area contributed by atoms with Crippen LogP contribution in [0.5, 0.6) is 0 Å². The quantitative estimate of drug-likeness (QED) is 0.633. The molecule has 1 aliphatic heterocycles. The Morgan fingerprint density at radius 2 is 1.00 bits per heavy atom. The summed E-state index contributed by atoms with van der Waals surface area (Å²) in [6.07, 6.45) is 0. The maximum atomic E-state index is 11.2. The minimum atomic E-state index is -0.385. The molecule has 0 spiro atoms. The summed E-state index contributed by atoms with van der Waals surface area (Å²) in [6.45, 7) is 2.27. The van der Waals surface area contributed by atoms with Gasteiger partial charge in [0.2, 0.25) is 0 Å². The van der Waals surface area contributed by atoms with E-state index in [2.05, 4.69) is 0 Å². The fourth-order valence-corrected chi connectivity index (χ4v) is 2.96. The standard InChI is InChI=1S/C16H16N4O4/c21-19(22)15-7-3-1-5-13(15)17-9-11-18(12-10-17)14-6-2-4-8-16(14)20(23)24/h1-8H,9-12H2. The molecule has 0 N–H and O–H groups in total. The highest BCUT2D eigenvalue weighted by Crippen LogP contribution is 2.31. The lowest BCUT2D eigenvalue weighted by Crippen LogP contribution is -2.46. The second-order valence-electron chi connectivity index (χ2n) is 5.47. The zero-order valence-corrected chi connectivity index (χ0v) is 12.9. The molecule has 1 fully saturated rings. The number of para-hydroxylation sites is 4. The summed E-state index contributed by atoms with van der Waals surface area (Å²) >= 11 is 0. The summed E-state index contributed by atoms with van der Waals surface area (Å²) < 4.78 is 0. The molecule has 2 aromatic carbocycles. The lowest BCUT2D eigenvalue weighted by atomic mass is 10.2. The number of rotatable bonds is 4. The minimum Gasteiger partial charge on any atom is -0.362 e. The maximum absolute atomic E-state index is 11.2. The molecule has 0 atom stereocenters. The zero-order valence-electron chi connectivity index (χ0n) is 12.9. The first-order chi connectivity index (χ1) is 11.6. The summed E-state index contributed by atoms with van der Waals surface area (Å²) in [6, 6.07) is 13.3. The largest absolute Gasteiger partial charge is 0.362 e. The van der Waals surface area contributed by atoms with E-state index in [0.717, 1.165) is 0 Å². The Hall–Kier alpha value is -3.16. The van der Waals surface area contributed by atoms with Gasteiger partial charge in [0.25, 0.3) is 11.4 Å². The predicted octanol–water partition coefficient (Wildman–Crippen LogP) is 2.83. The summed E-state index contributed by atoms with van der Waals surface area (Å²) in [5, 5.41) is 22.3. The van der Waals surface area contributed by atoms with Crippen LogP contribution in [0.3, 0.4) is 0 Å². The van der Waals surface area contributed by atoms with E-state index in [1.807, 2.05) is 9.80 Å². The van der Waals surface area contributed by atoms with Gasteiger partial charge in [0, 0.05) is 38.3 Å². The van der Waals surface area contributed by atoms with Crippen molar-refractivity contribution in [3.63, 3.8) is 0 Å². The molecule has 0 radical (unpaired) electrons. The lowest BCUT2D eigenvalue weighted by Gasteiger charge is -2.36. The van der Waals surface area contributed by atoms with Gasteiger partial charge in [-0.15, -0.1) is 0 Å². The summed E-state index contributed by atoms with van der Waals surface area (Å²) in [7, 11) is 0. The van der Waals surface area contributed by atoms with Crippen molar-refractivity contribution in [2.24, 2.45) is 0 Å². The molecule has 3 rings (SSSR count). The average molecular weight is 328 g/mol. The third-order valence-electron chi connectivity index (χ3n) is 4.12. The highest BCUT2D eigenvalue weighted by molar-refractivity contribution is 5.66. The van der Waals surface area contributed by atoms with Crippen LogP contribution in [-0.2, 0) is 0 Å². The second-order valence-corrected chi connectivity index (χ2v) is 5.47. The molecule has 124 valence electrons. The van der Waals surface area contributed by atoms with Crippen LogP contribution in [0.15, 0.2) is 48.5 Å². The molecule has 0 aliphatic carbocycles. The van der Waals surface area contributed by atoms with Gasteiger partial charge in [-0.2, -0.15) is 0 Å². The Kier molecular flexibility index (Phi) is 4.28. The van der Waals surface area contributed by atoms with Gasteiger partial charge in [-0.05, 0) is 12.1 Å². The molecule has 1 saturated heterocycles. The number of nitro groups is 2. The summed E-state index contributed by atoms with van der Waals surface area (Å²) in [5.74, 6) is 0. The predicted molar refractivity (Wildman–Crippen MR) is 90.6 cm³/mol. The average Bonchev–Trinajstić information content (AvgIpc) is 2.62. The molecule has 8 heteroatoms. The van der Waals surface area contributed by atoms with Gasteiger partial charge in [0.15, 0.2) is 0 Å². The van der Waals surface area contributed by atoms with Crippen LogP contribution in [0.4, 0.5) is 22.7 Å². The lowest BCUT2D eigenvalue weighted by molar-refractivity contribution is -0.384. The molecule has 1 aliphatic rings. The molecule has 0 saturated carbocycles. The fraction of sp³-hybridized carbons (Fsp3) is 0.250. The van der Waals surface area contributed by atoms with Crippen molar-refractivity contribution in [1.82, 2.24) is 0 Å². The van der Waals surface area contributed by atoms with Crippen LogP contribution < -0.4 is 9.80 Å². The molecule has 2 aromatic rings. The SMILES string of the molecule is O=[N+]([O-])c1ccccc1N1CCN(c2ccccc2[N+](=O)[O-])CC1. The van der Waals surface area contributed by atoms with Crippen LogP contribution in [0.25, 0.3) is 0 Å². The second kappa shape index (κ2) is 6.53. The third kappa shape index (κ3) is 2.98. The minimum absolute atomic E-state index is 0.0802. The van der Waals surface area contributed by atoms with Crippen LogP contribution in [0.1, 0.15) is 0 Å². The Morgan fingerprint density at radius 3 is 1.33 bits per heavy atom. The van der Waals surface area contributed by atoms with Crippen LogP contribution in [-0.4, -0.2) is 36.0 Å². The highest BCUT2D eigenvalue weighted by Gasteiger charge is 2.26. The smallest absolute Gasteiger partial charge is 0.292 e. The van der Waals surface area contributed by atoms with E-state index in [-0.39, 0.29) is 21.2 Å². The van der Waals surface area contributed by atoms with Gasteiger partial charge < -0.3 is 9.80 Å². The van der Waals surface area contributed by atoms with Gasteiger partial charge in [-0.3, -0.25) is 20.2 Å². The molecule has 0 unspecified atom stereocenters. The van der Waals surface area contributed by atoms with E-state index in [0.29, 0.717) is 37.6 Å². The molecule has 0 bridgehead atoms. The molecule has 24 heavy (non-hydrogen) atoms. The molecular weight excluding hydrogens is 312 g/mol. The number of piperazine rings is 1. The number of nitrogens with zero attached hydrogens (tertiary/aromatic N) is 4. The number of nitro benzene ring substituents is 2. The Labute approximate surface area is 138 Å². The van der Waals surface area contributed by atoms with Crippen LogP contribution >= 0.6 is 0 Å². The Morgan fingerprint density at radius 1 is 0.667 bits per heavy atom. The van der Waals surface area contributed by atoms with Crippen molar-refractivity contribution in [3.8, 4) is 0 Å². The third-order valence-corrected chi connectivity index (χ3v) is 4.12. The number of hydrogen-bond acceptors (Lipinski definition) is 6. The summed E-state index contributed by atoms with van der Waals surface area (Å²) in [4.78, 5) is 25.5. The highest BCUT2D eigenvalue weighted by atomic mass is 16.6. The molecular formula is C16H16N4O4. The van der Waals surface area contributed by atoms with Crippen molar-refractivity contribution in [3.05, 3.63) is 68.8 Å². The Balaban J connectivity index is 1.78. The van der Waals surface area contributed by atoms with Crippen LogP contribution in [0, 0.1) is 20.2 Å². The van der Waals surface area contributed by atoms with Gasteiger partial charge >= 0.3 is 0 Å². The van der Waals surface area contributed by atoms with Gasteiger partial charge in [0.1, 0.15) is 11.4 Å². The maximum Gasteiger partial charge on any atom is 0.292 e. The van der Waals surface area contributed by atoms with Gasteiger partial charge in [0.05, 0.1) is 9.85 Å². The first-order valence-electron chi connectivity index (χ1n) is 7.54. The summed E-state index contributed by atoms with van der Waals surface area (Å²) in [5.41, 5.74) is 1.34. The van der Waals surface area contributed by atoms with Crippen molar-refractivity contribution < 1.29 is 9.85 Å². The number of benzene rings is 2. The fourth-order valence-electron chi connectivity index (χ4n) is 2.96. The monoisotopic (exact) mass is 328 g/mol. The zero-order chi connectivity index (χ0) is 17.1.